The number of nitrogen functional groups attached to an aromatic ring is 1. The zero-order chi connectivity index (χ0) is 18.4. The molecule has 0 spiro atoms. The number of hydrogen-bond donors (Lipinski definition) is 2. The molecular formula is C21H22N4O. The molecule has 0 atom stereocenters. The lowest BCUT2D eigenvalue weighted by Gasteiger charge is -2.22. The Labute approximate surface area is 153 Å². The first-order chi connectivity index (χ1) is 12.7. The molecule has 1 saturated carbocycles. The molecular weight excluding hydrogens is 324 g/mol. The minimum atomic E-state index is -0.323. The van der Waals surface area contributed by atoms with Gasteiger partial charge in [0.25, 0.3) is 5.91 Å². The third-order valence-corrected chi connectivity index (χ3v) is 4.52. The Balaban J connectivity index is 1.92. The maximum Gasteiger partial charge on any atom is 0.263 e. The van der Waals surface area contributed by atoms with E-state index in [0.717, 1.165) is 37.1 Å². The largest absolute Gasteiger partial charge is 0.399 e. The van der Waals surface area contributed by atoms with Gasteiger partial charge in [0.1, 0.15) is 11.6 Å². The van der Waals surface area contributed by atoms with Crippen molar-refractivity contribution in [1.82, 2.24) is 5.32 Å². The fourth-order valence-corrected chi connectivity index (χ4v) is 3.12. The number of benzene rings is 2. The maximum atomic E-state index is 12.5. The van der Waals surface area contributed by atoms with Crippen molar-refractivity contribution in [2.75, 3.05) is 10.6 Å². The fourth-order valence-electron chi connectivity index (χ4n) is 3.12. The van der Waals surface area contributed by atoms with Crippen LogP contribution in [-0.4, -0.2) is 11.9 Å². The summed E-state index contributed by atoms with van der Waals surface area (Å²) in [7, 11) is 0. The van der Waals surface area contributed by atoms with E-state index in [1.165, 1.54) is 0 Å². The summed E-state index contributed by atoms with van der Waals surface area (Å²) in [4.78, 5) is 14.4. The molecule has 1 fully saturated rings. The molecule has 1 amide bonds. The van der Waals surface area contributed by atoms with Crippen LogP contribution in [-0.2, 0) is 4.79 Å². The molecule has 0 saturated heterocycles. The Morgan fingerprint density at radius 1 is 1.08 bits per heavy atom. The van der Waals surface area contributed by atoms with Crippen molar-refractivity contribution >= 4 is 23.0 Å². The molecule has 0 heterocycles. The highest BCUT2D eigenvalue weighted by Crippen LogP contribution is 2.27. The Morgan fingerprint density at radius 3 is 2.31 bits per heavy atom. The second kappa shape index (κ2) is 8.21. The summed E-state index contributed by atoms with van der Waals surface area (Å²) in [5.74, 6) is -0.323. The topological polar surface area (TPSA) is 82.2 Å². The summed E-state index contributed by atoms with van der Waals surface area (Å²) in [6, 6.07) is 19.1. The first kappa shape index (κ1) is 17.6. The van der Waals surface area contributed by atoms with E-state index >= 15 is 0 Å². The molecule has 0 unspecified atom stereocenters. The number of hydrogen-bond acceptors (Lipinski definition) is 4. The Bertz CT molecular complexity index is 815. The van der Waals surface area contributed by atoms with Gasteiger partial charge >= 0.3 is 0 Å². The van der Waals surface area contributed by atoms with Crippen molar-refractivity contribution < 1.29 is 4.79 Å². The van der Waals surface area contributed by atoms with E-state index in [1.54, 1.807) is 18.3 Å². The fraction of sp³-hybridized carbons (Fsp3) is 0.238. The van der Waals surface area contributed by atoms with Crippen LogP contribution in [0.3, 0.4) is 0 Å². The van der Waals surface area contributed by atoms with Gasteiger partial charge in [-0.1, -0.05) is 31.0 Å². The van der Waals surface area contributed by atoms with Gasteiger partial charge < -0.3 is 16.0 Å². The van der Waals surface area contributed by atoms with Crippen LogP contribution in [0, 0.1) is 11.3 Å². The smallest absolute Gasteiger partial charge is 0.263 e. The molecule has 132 valence electrons. The molecule has 3 rings (SSSR count). The summed E-state index contributed by atoms with van der Waals surface area (Å²) in [6.07, 6.45) is 5.79. The SMILES string of the molecule is N#C/C(=C/N(c1ccccc1)c1ccc(N)cc1)C(=O)NC1CCCC1. The van der Waals surface area contributed by atoms with Crippen molar-refractivity contribution in [1.29, 1.82) is 5.26 Å². The molecule has 1 aliphatic rings. The molecule has 0 bridgehead atoms. The van der Waals surface area contributed by atoms with Gasteiger partial charge in [-0.2, -0.15) is 5.26 Å². The van der Waals surface area contributed by atoms with Crippen molar-refractivity contribution in [3.05, 3.63) is 66.4 Å². The van der Waals surface area contributed by atoms with Gasteiger partial charge in [0.2, 0.25) is 0 Å². The van der Waals surface area contributed by atoms with Crippen LogP contribution in [0.25, 0.3) is 0 Å². The predicted molar refractivity (Wildman–Crippen MR) is 104 cm³/mol. The first-order valence-corrected chi connectivity index (χ1v) is 8.80. The van der Waals surface area contributed by atoms with Crippen molar-refractivity contribution in [3.63, 3.8) is 0 Å². The van der Waals surface area contributed by atoms with Crippen LogP contribution >= 0.6 is 0 Å². The third-order valence-electron chi connectivity index (χ3n) is 4.52. The van der Waals surface area contributed by atoms with Crippen molar-refractivity contribution in [2.45, 2.75) is 31.7 Å². The second-order valence-electron chi connectivity index (χ2n) is 6.41. The zero-order valence-electron chi connectivity index (χ0n) is 14.6. The number of nitrogens with one attached hydrogen (secondary N) is 1. The number of amides is 1. The lowest BCUT2D eigenvalue weighted by atomic mass is 10.2. The lowest BCUT2D eigenvalue weighted by molar-refractivity contribution is -0.117. The van der Waals surface area contributed by atoms with E-state index in [4.69, 9.17) is 5.73 Å². The van der Waals surface area contributed by atoms with Gasteiger partial charge in [-0.3, -0.25) is 4.79 Å². The summed E-state index contributed by atoms with van der Waals surface area (Å²) in [5.41, 5.74) is 8.21. The summed E-state index contributed by atoms with van der Waals surface area (Å²) < 4.78 is 0. The number of nitrogens with two attached hydrogens (primary N) is 1. The number of carbonyl (C=O) groups is 1. The maximum absolute atomic E-state index is 12.5. The Morgan fingerprint density at radius 2 is 1.69 bits per heavy atom. The van der Waals surface area contributed by atoms with Crippen LogP contribution in [0.15, 0.2) is 66.4 Å². The second-order valence-corrected chi connectivity index (χ2v) is 6.41. The van der Waals surface area contributed by atoms with E-state index in [-0.39, 0.29) is 17.5 Å². The number of para-hydroxylation sites is 1. The molecule has 0 aliphatic heterocycles. The first-order valence-electron chi connectivity index (χ1n) is 8.80. The van der Waals surface area contributed by atoms with Crippen LogP contribution < -0.4 is 16.0 Å². The average molecular weight is 346 g/mol. The molecule has 26 heavy (non-hydrogen) atoms. The van der Waals surface area contributed by atoms with Crippen LogP contribution in [0.2, 0.25) is 0 Å². The lowest BCUT2D eigenvalue weighted by Crippen LogP contribution is -2.34. The number of nitriles is 1. The Hall–Kier alpha value is -3.26. The third kappa shape index (κ3) is 4.22. The van der Waals surface area contributed by atoms with Gasteiger partial charge in [-0.15, -0.1) is 0 Å². The minimum Gasteiger partial charge on any atom is -0.399 e. The summed E-state index contributed by atoms with van der Waals surface area (Å²) in [5, 5.41) is 12.5. The van der Waals surface area contributed by atoms with Gasteiger partial charge in [-0.05, 0) is 49.2 Å². The van der Waals surface area contributed by atoms with Gasteiger partial charge in [0.15, 0.2) is 0 Å². The molecule has 3 N–H and O–H groups in total. The van der Waals surface area contributed by atoms with E-state index < -0.39 is 0 Å². The zero-order valence-corrected chi connectivity index (χ0v) is 14.6. The quantitative estimate of drug-likeness (QED) is 0.489. The van der Waals surface area contributed by atoms with Crippen LogP contribution in [0.1, 0.15) is 25.7 Å². The van der Waals surface area contributed by atoms with E-state index in [9.17, 15) is 10.1 Å². The normalized spacial score (nSPS) is 14.7. The molecule has 2 aromatic rings. The molecule has 0 aromatic heterocycles. The van der Waals surface area contributed by atoms with Crippen molar-refractivity contribution in [3.8, 4) is 6.07 Å². The monoisotopic (exact) mass is 346 g/mol. The predicted octanol–water partition coefficient (Wildman–Crippen LogP) is 3.87. The number of nitrogens with zero attached hydrogens (tertiary/aromatic N) is 2. The van der Waals surface area contributed by atoms with Crippen LogP contribution in [0.5, 0.6) is 0 Å². The van der Waals surface area contributed by atoms with E-state index in [1.807, 2.05) is 53.4 Å². The molecule has 0 radical (unpaired) electrons. The number of carbonyl (C=O) groups excluding carboxylic acids is 1. The molecule has 5 heteroatoms. The molecule has 2 aromatic carbocycles. The number of rotatable bonds is 5. The van der Waals surface area contributed by atoms with Gasteiger partial charge in [-0.25, -0.2) is 0 Å². The van der Waals surface area contributed by atoms with Gasteiger partial charge in [0.05, 0.1) is 0 Å². The van der Waals surface area contributed by atoms with Crippen LogP contribution in [0.4, 0.5) is 17.1 Å². The van der Waals surface area contributed by atoms with Crippen molar-refractivity contribution in [2.24, 2.45) is 0 Å². The summed E-state index contributed by atoms with van der Waals surface area (Å²) in [6.45, 7) is 0. The average Bonchev–Trinajstić information content (AvgIpc) is 3.17. The highest BCUT2D eigenvalue weighted by atomic mass is 16.1. The summed E-state index contributed by atoms with van der Waals surface area (Å²) >= 11 is 0. The standard InChI is InChI=1S/C21H22N4O/c22-14-16(21(26)24-18-6-4-5-7-18)15-25(19-8-2-1-3-9-19)20-12-10-17(23)11-13-20/h1-3,8-13,15,18H,4-7,23H2,(H,24,26)/b16-15-. The molecule has 5 nitrogen and oxygen atoms in total. The minimum absolute atomic E-state index is 0.0811. The van der Waals surface area contributed by atoms with Gasteiger partial charge in [0, 0.05) is 29.3 Å². The molecule has 1 aliphatic carbocycles. The highest BCUT2D eigenvalue weighted by molar-refractivity contribution is 5.98. The highest BCUT2D eigenvalue weighted by Gasteiger charge is 2.20. The number of anilines is 3. The van der Waals surface area contributed by atoms with E-state index in [2.05, 4.69) is 5.32 Å². The Kier molecular flexibility index (Phi) is 5.55. The van der Waals surface area contributed by atoms with E-state index in [0.29, 0.717) is 5.69 Å².